The van der Waals surface area contributed by atoms with E-state index >= 15 is 0 Å². The molecule has 37 heavy (non-hydrogen) atoms. The van der Waals surface area contributed by atoms with Gasteiger partial charge in [0.25, 0.3) is 10.0 Å². The second-order valence-electron chi connectivity index (χ2n) is 7.94. The number of aliphatic hydroxyl groups is 1. The van der Waals surface area contributed by atoms with Crippen LogP contribution in [0.1, 0.15) is 28.5 Å². The number of ether oxygens (including phenoxy) is 1. The third-order valence-electron chi connectivity index (χ3n) is 5.51. The Bertz CT molecular complexity index is 1630. The van der Waals surface area contributed by atoms with E-state index in [0.717, 1.165) is 18.3 Å². The van der Waals surface area contributed by atoms with E-state index in [2.05, 4.69) is 9.97 Å². The highest BCUT2D eigenvalue weighted by Gasteiger charge is 2.36. The normalized spacial score (nSPS) is 13.2. The Kier molecular flexibility index (Phi) is 7.08. The van der Waals surface area contributed by atoms with Gasteiger partial charge in [0.15, 0.2) is 5.58 Å². The van der Waals surface area contributed by atoms with Crippen molar-refractivity contribution in [1.29, 1.82) is 0 Å². The lowest BCUT2D eigenvalue weighted by Gasteiger charge is -2.27. The number of oxazole rings is 1. The molecule has 0 radical (unpaired) electrons. The van der Waals surface area contributed by atoms with Crippen LogP contribution in [0.25, 0.3) is 11.1 Å². The fourth-order valence-corrected chi connectivity index (χ4v) is 5.35. The molecule has 0 spiro atoms. The predicted octanol–water partition coefficient (Wildman–Crippen LogP) is 4.38. The number of hydrogen-bond acceptors (Lipinski definition) is 7. The number of para-hydroxylation sites is 1. The highest BCUT2D eigenvalue weighted by Crippen LogP contribution is 2.38. The van der Waals surface area contributed by atoms with Gasteiger partial charge in [-0.1, -0.05) is 29.8 Å². The topological polar surface area (TPSA) is 126 Å². The minimum atomic E-state index is -4.79. The largest absolute Gasteiger partial charge is 0.417 e. The summed E-state index contributed by atoms with van der Waals surface area (Å²) < 4.78 is 78.5. The van der Waals surface area contributed by atoms with Crippen LogP contribution < -0.4 is 10.1 Å². The Morgan fingerprint density at radius 3 is 2.65 bits per heavy atom. The van der Waals surface area contributed by atoms with Crippen molar-refractivity contribution in [3.63, 3.8) is 0 Å². The molecule has 2 heterocycles. The minimum absolute atomic E-state index is 0.0113. The first kappa shape index (κ1) is 26.7. The molecule has 0 bridgehead atoms. The van der Waals surface area contributed by atoms with Crippen LogP contribution >= 0.6 is 11.6 Å². The molecule has 9 nitrogen and oxygen atoms in total. The standard InChI is InChI=1S/C23H19ClF3N3O6S/c1-12-6-7-14(9-16(12)23(25,26)27)37(33,34)30(11-35-2)18-8-13(24)10-28-19(18)20(31)15-4-3-5-17-21(15)36-22(32)29-17/h3-10,20,31H,11H2,1-2H3,(H,29,32). The van der Waals surface area contributed by atoms with Gasteiger partial charge in [-0.3, -0.25) is 9.97 Å². The van der Waals surface area contributed by atoms with Gasteiger partial charge in [-0.2, -0.15) is 13.2 Å². The van der Waals surface area contributed by atoms with Crippen molar-refractivity contribution < 1.29 is 35.8 Å². The van der Waals surface area contributed by atoms with Crippen LogP contribution in [-0.2, 0) is 20.9 Å². The van der Waals surface area contributed by atoms with Crippen LogP contribution in [0.2, 0.25) is 5.02 Å². The molecule has 0 aliphatic rings. The smallest absolute Gasteiger partial charge is 0.407 e. The van der Waals surface area contributed by atoms with Crippen LogP contribution in [0.5, 0.6) is 0 Å². The van der Waals surface area contributed by atoms with E-state index in [-0.39, 0.29) is 38.6 Å². The van der Waals surface area contributed by atoms with E-state index in [9.17, 15) is 31.5 Å². The molecule has 2 N–H and O–H groups in total. The maximum absolute atomic E-state index is 13.6. The number of methoxy groups -OCH3 is 1. The molecule has 0 saturated heterocycles. The Morgan fingerprint density at radius 1 is 1.24 bits per heavy atom. The molecule has 0 saturated carbocycles. The third-order valence-corrected chi connectivity index (χ3v) is 7.45. The molecule has 14 heteroatoms. The molecular formula is C23H19ClF3N3O6S. The van der Waals surface area contributed by atoms with Crippen molar-refractivity contribution in [2.75, 3.05) is 18.1 Å². The lowest BCUT2D eigenvalue weighted by atomic mass is 10.0. The predicted molar refractivity (Wildman–Crippen MR) is 128 cm³/mol. The summed E-state index contributed by atoms with van der Waals surface area (Å²) in [7, 11) is -3.51. The van der Waals surface area contributed by atoms with E-state index in [0.29, 0.717) is 10.4 Å². The Labute approximate surface area is 213 Å². The molecular weight excluding hydrogens is 539 g/mol. The highest BCUT2D eigenvalue weighted by atomic mass is 35.5. The highest BCUT2D eigenvalue weighted by molar-refractivity contribution is 7.92. The lowest BCUT2D eigenvalue weighted by molar-refractivity contribution is -0.138. The van der Waals surface area contributed by atoms with Gasteiger partial charge in [0.1, 0.15) is 12.8 Å². The van der Waals surface area contributed by atoms with Crippen LogP contribution in [0.15, 0.2) is 62.8 Å². The van der Waals surface area contributed by atoms with Crippen LogP contribution in [0.4, 0.5) is 18.9 Å². The molecule has 1 atom stereocenters. The number of nitrogens with one attached hydrogen (secondary N) is 1. The Morgan fingerprint density at radius 2 is 1.97 bits per heavy atom. The van der Waals surface area contributed by atoms with Gasteiger partial charge in [-0.15, -0.1) is 0 Å². The minimum Gasteiger partial charge on any atom is -0.407 e. The van der Waals surface area contributed by atoms with Crippen molar-refractivity contribution in [3.8, 4) is 0 Å². The van der Waals surface area contributed by atoms with Gasteiger partial charge in [0.2, 0.25) is 0 Å². The fourth-order valence-electron chi connectivity index (χ4n) is 3.79. The van der Waals surface area contributed by atoms with Crippen LogP contribution in [0, 0.1) is 6.92 Å². The number of anilines is 1. The van der Waals surface area contributed by atoms with Crippen LogP contribution in [0.3, 0.4) is 0 Å². The van der Waals surface area contributed by atoms with Crippen molar-refractivity contribution in [3.05, 3.63) is 86.6 Å². The molecule has 4 rings (SSSR count). The van der Waals surface area contributed by atoms with Gasteiger partial charge in [0.05, 0.1) is 32.4 Å². The number of nitrogens with zero attached hydrogens (tertiary/aromatic N) is 2. The van der Waals surface area contributed by atoms with Gasteiger partial charge >= 0.3 is 11.9 Å². The molecule has 2 aromatic carbocycles. The van der Waals surface area contributed by atoms with Crippen LogP contribution in [-0.4, -0.2) is 37.3 Å². The number of alkyl halides is 3. The number of aryl methyl sites for hydroxylation is 1. The number of benzene rings is 2. The number of aromatic amines is 1. The zero-order chi connectivity index (χ0) is 27.1. The first-order valence-electron chi connectivity index (χ1n) is 10.5. The molecule has 0 amide bonds. The summed E-state index contributed by atoms with van der Waals surface area (Å²) in [6.07, 6.45) is -5.27. The van der Waals surface area contributed by atoms with E-state index in [1.807, 2.05) is 0 Å². The van der Waals surface area contributed by atoms with Gasteiger partial charge in [-0.05, 0) is 36.8 Å². The maximum Gasteiger partial charge on any atom is 0.417 e. The van der Waals surface area contributed by atoms with Gasteiger partial charge in [-0.25, -0.2) is 17.5 Å². The quantitative estimate of drug-likeness (QED) is 0.323. The number of sulfonamides is 1. The van der Waals surface area contributed by atoms with E-state index in [1.54, 1.807) is 0 Å². The summed E-state index contributed by atoms with van der Waals surface area (Å²) >= 11 is 6.09. The second-order valence-corrected chi connectivity index (χ2v) is 10.2. The summed E-state index contributed by atoms with van der Waals surface area (Å²) in [5.74, 6) is -0.776. The summed E-state index contributed by atoms with van der Waals surface area (Å²) in [6.45, 7) is 0.560. The first-order valence-corrected chi connectivity index (χ1v) is 12.3. The number of halogens is 4. The number of pyridine rings is 1. The zero-order valence-corrected chi connectivity index (χ0v) is 20.8. The number of H-pyrrole nitrogens is 1. The number of hydrogen-bond donors (Lipinski definition) is 2. The SMILES string of the molecule is COCN(c1cc(Cl)cnc1C(O)c1cccc2[nH]c(=O)oc12)S(=O)(=O)c1ccc(C)c(C(F)(F)F)c1. The fraction of sp³-hybridized carbons (Fsp3) is 0.217. The van der Waals surface area contributed by atoms with Crippen molar-refractivity contribution >= 4 is 38.4 Å². The maximum atomic E-state index is 13.6. The zero-order valence-electron chi connectivity index (χ0n) is 19.2. The first-order chi connectivity index (χ1) is 17.3. The monoisotopic (exact) mass is 557 g/mol. The van der Waals surface area contributed by atoms with E-state index < -0.39 is 45.2 Å². The molecule has 0 aliphatic carbocycles. The number of aromatic nitrogens is 2. The average Bonchev–Trinajstić information content (AvgIpc) is 3.21. The number of rotatable bonds is 7. The Hall–Kier alpha value is -3.39. The molecule has 196 valence electrons. The van der Waals surface area contributed by atoms with Gasteiger partial charge in [0, 0.05) is 18.9 Å². The average molecular weight is 558 g/mol. The number of aliphatic hydroxyl groups excluding tert-OH is 1. The van der Waals surface area contributed by atoms with Crippen molar-refractivity contribution in [2.24, 2.45) is 0 Å². The summed E-state index contributed by atoms with van der Waals surface area (Å²) in [5, 5.41) is 11.2. The molecule has 0 fully saturated rings. The summed E-state index contributed by atoms with van der Waals surface area (Å²) in [5.41, 5.74) is -1.40. The molecule has 4 aromatic rings. The van der Waals surface area contributed by atoms with Crippen molar-refractivity contribution in [1.82, 2.24) is 9.97 Å². The summed E-state index contributed by atoms with van der Waals surface area (Å²) in [6, 6.07) is 8.27. The number of fused-ring (bicyclic) bond motifs is 1. The second kappa shape index (κ2) is 9.82. The molecule has 2 aromatic heterocycles. The molecule has 0 aliphatic heterocycles. The van der Waals surface area contributed by atoms with E-state index in [4.69, 9.17) is 20.8 Å². The summed E-state index contributed by atoms with van der Waals surface area (Å²) in [4.78, 5) is 17.6. The van der Waals surface area contributed by atoms with Gasteiger partial charge < -0.3 is 14.3 Å². The van der Waals surface area contributed by atoms with Crippen molar-refractivity contribution in [2.45, 2.75) is 24.1 Å². The Balaban J connectivity index is 1.90. The van der Waals surface area contributed by atoms with E-state index in [1.165, 1.54) is 38.3 Å². The third kappa shape index (κ3) is 5.07. The molecule has 1 unspecified atom stereocenters. The lowest BCUT2D eigenvalue weighted by Crippen LogP contribution is -2.34.